The molecule has 0 aromatic heterocycles. The Kier molecular flexibility index (Phi) is 8.69. The van der Waals surface area contributed by atoms with Crippen LogP contribution in [-0.2, 0) is 24.7 Å². The number of ether oxygens (including phenoxy) is 1. The summed E-state index contributed by atoms with van der Waals surface area (Å²) in [5.41, 5.74) is 0. The molecule has 1 amide bonds. The van der Waals surface area contributed by atoms with Crippen molar-refractivity contribution in [3.05, 3.63) is 24.3 Å². The molecule has 8 nitrogen and oxygen atoms in total. The maximum atomic E-state index is 12.6. The fourth-order valence-electron chi connectivity index (χ4n) is 3.16. The van der Waals surface area contributed by atoms with Gasteiger partial charge in [0.2, 0.25) is 15.9 Å². The number of sulfone groups is 1. The van der Waals surface area contributed by atoms with Crippen LogP contribution in [0.4, 0.5) is 0 Å². The molecule has 0 aliphatic carbocycles. The molecule has 0 radical (unpaired) electrons. The number of benzene rings is 1. The smallest absolute Gasteiger partial charge is 0.240 e. The van der Waals surface area contributed by atoms with Crippen LogP contribution in [0.3, 0.4) is 0 Å². The van der Waals surface area contributed by atoms with Crippen molar-refractivity contribution in [1.29, 1.82) is 0 Å². The third kappa shape index (κ3) is 7.55. The van der Waals surface area contributed by atoms with Gasteiger partial charge in [0.25, 0.3) is 0 Å². The van der Waals surface area contributed by atoms with Crippen LogP contribution in [0, 0.1) is 5.92 Å². The molecular formula is C20H32N2O6S2. The van der Waals surface area contributed by atoms with Gasteiger partial charge in [0.1, 0.15) is 12.4 Å². The number of hydrogen-bond acceptors (Lipinski definition) is 6. The summed E-state index contributed by atoms with van der Waals surface area (Å²) >= 11 is 0. The second kappa shape index (κ2) is 10.6. The number of likely N-dealkylation sites (tertiary alicyclic amines) is 1. The monoisotopic (exact) mass is 460 g/mol. The molecule has 1 fully saturated rings. The van der Waals surface area contributed by atoms with E-state index in [0.717, 1.165) is 0 Å². The summed E-state index contributed by atoms with van der Waals surface area (Å²) in [4.78, 5) is 14.1. The van der Waals surface area contributed by atoms with E-state index in [1.807, 2.05) is 13.8 Å². The molecule has 0 saturated carbocycles. The predicted molar refractivity (Wildman–Crippen MR) is 116 cm³/mol. The number of nitrogens with zero attached hydrogens (tertiary/aromatic N) is 1. The standard InChI is InChI=1S/C20H32N2O6S2/c1-4-29(24,25)14-13-28-18-5-7-19(8-6-18)30(26,27)21-17-9-11-22(12-10-17)20(23)15-16(2)3/h5-8,16-17,21H,4,9-15H2,1-3H3. The quantitative estimate of drug-likeness (QED) is 0.570. The molecule has 0 spiro atoms. The van der Waals surface area contributed by atoms with Crippen molar-refractivity contribution in [2.45, 2.75) is 51.0 Å². The lowest BCUT2D eigenvalue weighted by Crippen LogP contribution is -2.46. The topological polar surface area (TPSA) is 110 Å². The van der Waals surface area contributed by atoms with Gasteiger partial charge in [-0.05, 0) is 43.0 Å². The van der Waals surface area contributed by atoms with Crippen LogP contribution in [-0.4, -0.2) is 64.9 Å². The molecule has 2 rings (SSSR count). The molecule has 1 heterocycles. The normalized spacial score (nSPS) is 16.1. The van der Waals surface area contributed by atoms with Gasteiger partial charge in [0.15, 0.2) is 9.84 Å². The summed E-state index contributed by atoms with van der Waals surface area (Å²) in [7, 11) is -6.79. The number of amides is 1. The number of sulfonamides is 1. The Morgan fingerprint density at radius 3 is 2.27 bits per heavy atom. The van der Waals surface area contributed by atoms with Gasteiger partial charge < -0.3 is 9.64 Å². The molecule has 1 aromatic carbocycles. The molecule has 30 heavy (non-hydrogen) atoms. The highest BCUT2D eigenvalue weighted by Crippen LogP contribution is 2.19. The van der Waals surface area contributed by atoms with Gasteiger partial charge in [0.05, 0.1) is 10.6 Å². The Balaban J connectivity index is 1.87. The molecule has 10 heteroatoms. The molecule has 1 aliphatic heterocycles. The summed E-state index contributed by atoms with van der Waals surface area (Å²) in [6.07, 6.45) is 1.67. The maximum Gasteiger partial charge on any atom is 0.240 e. The SMILES string of the molecule is CCS(=O)(=O)CCOc1ccc(S(=O)(=O)NC2CCN(C(=O)CC(C)C)CC2)cc1. The van der Waals surface area contributed by atoms with E-state index in [1.165, 1.54) is 24.3 Å². The number of rotatable bonds is 10. The molecule has 0 atom stereocenters. The molecule has 1 saturated heterocycles. The second-order valence-electron chi connectivity index (χ2n) is 7.93. The minimum Gasteiger partial charge on any atom is -0.493 e. The van der Waals surface area contributed by atoms with Crippen LogP contribution in [0.25, 0.3) is 0 Å². The van der Waals surface area contributed by atoms with E-state index in [-0.39, 0.29) is 35.0 Å². The predicted octanol–water partition coefficient (Wildman–Crippen LogP) is 1.82. The third-order valence-electron chi connectivity index (χ3n) is 4.99. The van der Waals surface area contributed by atoms with Crippen LogP contribution >= 0.6 is 0 Å². The molecule has 170 valence electrons. The zero-order valence-corrected chi connectivity index (χ0v) is 19.5. The van der Waals surface area contributed by atoms with Crippen molar-refractivity contribution in [3.8, 4) is 5.75 Å². The Morgan fingerprint density at radius 2 is 1.73 bits per heavy atom. The third-order valence-corrected chi connectivity index (χ3v) is 8.19. The average Bonchev–Trinajstić information content (AvgIpc) is 2.68. The van der Waals surface area contributed by atoms with Gasteiger partial charge in [-0.1, -0.05) is 20.8 Å². The average molecular weight is 461 g/mol. The second-order valence-corrected chi connectivity index (χ2v) is 12.1. The highest BCUT2D eigenvalue weighted by molar-refractivity contribution is 7.91. The van der Waals surface area contributed by atoms with Gasteiger partial charge in [-0.15, -0.1) is 0 Å². The van der Waals surface area contributed by atoms with Gasteiger partial charge in [-0.25, -0.2) is 21.6 Å². The highest BCUT2D eigenvalue weighted by atomic mass is 32.2. The van der Waals surface area contributed by atoms with E-state index in [1.54, 1.807) is 11.8 Å². The number of carbonyl (C=O) groups is 1. The molecule has 0 unspecified atom stereocenters. The number of piperidine rings is 1. The number of carbonyl (C=O) groups excluding carboxylic acids is 1. The molecule has 1 aromatic rings. The molecule has 0 bridgehead atoms. The highest BCUT2D eigenvalue weighted by Gasteiger charge is 2.26. The van der Waals surface area contributed by atoms with Crippen LogP contribution in [0.1, 0.15) is 40.0 Å². The van der Waals surface area contributed by atoms with Crippen molar-refractivity contribution in [2.75, 3.05) is 31.2 Å². The van der Waals surface area contributed by atoms with E-state index >= 15 is 0 Å². The van der Waals surface area contributed by atoms with Gasteiger partial charge >= 0.3 is 0 Å². The summed E-state index contributed by atoms with van der Waals surface area (Å²) in [6, 6.07) is 5.69. The molecule has 1 N–H and O–H groups in total. The van der Waals surface area contributed by atoms with E-state index in [0.29, 0.717) is 44.0 Å². The zero-order chi connectivity index (χ0) is 22.4. The van der Waals surface area contributed by atoms with Crippen LogP contribution in [0.2, 0.25) is 0 Å². The minimum atomic E-state index is -3.69. The first-order valence-electron chi connectivity index (χ1n) is 10.3. The number of nitrogens with one attached hydrogen (secondary N) is 1. The van der Waals surface area contributed by atoms with Crippen molar-refractivity contribution in [1.82, 2.24) is 9.62 Å². The minimum absolute atomic E-state index is 0.0224. The van der Waals surface area contributed by atoms with Crippen LogP contribution in [0.5, 0.6) is 5.75 Å². The maximum absolute atomic E-state index is 12.6. The molecule has 1 aliphatic rings. The van der Waals surface area contributed by atoms with Crippen LogP contribution in [0.15, 0.2) is 29.2 Å². The Labute approximate surface area is 180 Å². The fraction of sp³-hybridized carbons (Fsp3) is 0.650. The van der Waals surface area contributed by atoms with Gasteiger partial charge in [-0.2, -0.15) is 0 Å². The van der Waals surface area contributed by atoms with Crippen LogP contribution < -0.4 is 9.46 Å². The van der Waals surface area contributed by atoms with Crippen molar-refractivity contribution < 1.29 is 26.4 Å². The fourth-order valence-corrected chi connectivity index (χ4v) is 5.09. The largest absolute Gasteiger partial charge is 0.493 e. The number of hydrogen-bond donors (Lipinski definition) is 1. The first-order valence-corrected chi connectivity index (χ1v) is 13.6. The lowest BCUT2D eigenvalue weighted by molar-refractivity contribution is -0.133. The Morgan fingerprint density at radius 1 is 1.13 bits per heavy atom. The summed E-state index contributed by atoms with van der Waals surface area (Å²) < 4.78 is 56.4. The Hall–Kier alpha value is -1.65. The summed E-state index contributed by atoms with van der Waals surface area (Å²) in [5.74, 6) is 0.815. The molecular weight excluding hydrogens is 428 g/mol. The van der Waals surface area contributed by atoms with Crippen molar-refractivity contribution in [2.24, 2.45) is 5.92 Å². The summed E-state index contributed by atoms with van der Waals surface area (Å²) in [6.45, 7) is 6.70. The zero-order valence-electron chi connectivity index (χ0n) is 17.8. The van der Waals surface area contributed by atoms with E-state index in [4.69, 9.17) is 4.74 Å². The first-order chi connectivity index (χ1) is 14.0. The lowest BCUT2D eigenvalue weighted by atomic mass is 10.0. The Bertz CT molecular complexity index is 903. The van der Waals surface area contributed by atoms with Crippen molar-refractivity contribution in [3.63, 3.8) is 0 Å². The van der Waals surface area contributed by atoms with Crippen molar-refractivity contribution >= 4 is 25.8 Å². The van der Waals surface area contributed by atoms with E-state index in [2.05, 4.69) is 4.72 Å². The first kappa shape index (κ1) is 24.6. The van der Waals surface area contributed by atoms with E-state index in [9.17, 15) is 21.6 Å². The van der Waals surface area contributed by atoms with Gasteiger partial charge in [0, 0.05) is 31.3 Å². The van der Waals surface area contributed by atoms with Gasteiger partial charge in [-0.3, -0.25) is 4.79 Å². The summed E-state index contributed by atoms with van der Waals surface area (Å²) in [5, 5.41) is 0. The lowest BCUT2D eigenvalue weighted by Gasteiger charge is -2.32. The van der Waals surface area contributed by atoms with E-state index < -0.39 is 19.9 Å².